The van der Waals surface area contributed by atoms with Crippen molar-refractivity contribution in [2.45, 2.75) is 26.3 Å². The summed E-state index contributed by atoms with van der Waals surface area (Å²) in [5.41, 5.74) is 0.476. The van der Waals surface area contributed by atoms with E-state index in [0.717, 1.165) is 4.88 Å². The maximum atomic E-state index is 11.9. The number of nitrogens with zero attached hydrogens (tertiary/aromatic N) is 1. The van der Waals surface area contributed by atoms with Crippen molar-refractivity contribution in [3.8, 4) is 10.8 Å². The van der Waals surface area contributed by atoms with Gasteiger partial charge in [0.15, 0.2) is 0 Å². The second kappa shape index (κ2) is 6.53. The van der Waals surface area contributed by atoms with E-state index in [9.17, 15) is 9.59 Å². The molecular formula is C14H16N2O4S. The molecule has 1 atom stereocenters. The number of hydrogen-bond acceptors (Lipinski definition) is 5. The molecule has 2 rings (SSSR count). The number of aliphatic carboxylic acids is 1. The molecule has 112 valence electrons. The number of carboxylic acid groups (broad SMARTS) is 1. The number of amides is 1. The Kier molecular flexibility index (Phi) is 4.74. The van der Waals surface area contributed by atoms with Crippen LogP contribution in [0.5, 0.6) is 0 Å². The van der Waals surface area contributed by atoms with Crippen molar-refractivity contribution in [2.24, 2.45) is 5.92 Å². The highest BCUT2D eigenvalue weighted by molar-refractivity contribution is 7.13. The maximum Gasteiger partial charge on any atom is 0.326 e. The number of carbonyl (C=O) groups excluding carboxylic acids is 1. The Morgan fingerprint density at radius 3 is 2.81 bits per heavy atom. The Bertz CT molecular complexity index is 619. The molecule has 0 aliphatic heterocycles. The average Bonchev–Trinajstić information content (AvgIpc) is 3.05. The van der Waals surface area contributed by atoms with Crippen molar-refractivity contribution >= 4 is 23.2 Å². The number of rotatable bonds is 6. The van der Waals surface area contributed by atoms with E-state index in [4.69, 9.17) is 9.52 Å². The summed E-state index contributed by atoms with van der Waals surface area (Å²) in [7, 11) is 0. The number of thiophene rings is 1. The number of oxazole rings is 1. The summed E-state index contributed by atoms with van der Waals surface area (Å²) in [6.07, 6.45) is 1.41. The lowest BCUT2D eigenvalue weighted by atomic mass is 10.0. The SMILES string of the molecule is CC(C)[C@H](NC(=O)Cc1coc(-c2cccs2)n1)C(=O)O. The smallest absolute Gasteiger partial charge is 0.326 e. The lowest BCUT2D eigenvalue weighted by Gasteiger charge is -2.17. The van der Waals surface area contributed by atoms with Crippen molar-refractivity contribution in [1.82, 2.24) is 10.3 Å². The van der Waals surface area contributed by atoms with Gasteiger partial charge in [-0.2, -0.15) is 0 Å². The van der Waals surface area contributed by atoms with Gasteiger partial charge in [0, 0.05) is 0 Å². The zero-order valence-electron chi connectivity index (χ0n) is 11.7. The van der Waals surface area contributed by atoms with Gasteiger partial charge in [0.1, 0.15) is 12.3 Å². The summed E-state index contributed by atoms with van der Waals surface area (Å²) in [6.45, 7) is 3.48. The first-order chi connectivity index (χ1) is 9.97. The van der Waals surface area contributed by atoms with Crippen LogP contribution in [0.1, 0.15) is 19.5 Å². The number of aromatic nitrogens is 1. The monoisotopic (exact) mass is 308 g/mol. The minimum Gasteiger partial charge on any atom is -0.480 e. The lowest BCUT2D eigenvalue weighted by Crippen LogP contribution is -2.44. The number of carbonyl (C=O) groups is 2. The van der Waals surface area contributed by atoms with E-state index in [-0.39, 0.29) is 18.2 Å². The molecule has 21 heavy (non-hydrogen) atoms. The predicted molar refractivity (Wildman–Crippen MR) is 77.9 cm³/mol. The highest BCUT2D eigenvalue weighted by Crippen LogP contribution is 2.23. The van der Waals surface area contributed by atoms with E-state index in [1.165, 1.54) is 17.6 Å². The number of nitrogens with one attached hydrogen (secondary N) is 1. The molecule has 0 spiro atoms. The second-order valence-corrected chi connectivity index (χ2v) is 5.87. The molecule has 1 amide bonds. The van der Waals surface area contributed by atoms with Crippen LogP contribution in [0.2, 0.25) is 0 Å². The van der Waals surface area contributed by atoms with Crippen molar-refractivity contribution in [3.05, 3.63) is 29.5 Å². The molecule has 2 heterocycles. The fourth-order valence-electron chi connectivity index (χ4n) is 1.80. The summed E-state index contributed by atoms with van der Waals surface area (Å²) in [5, 5.41) is 13.4. The van der Waals surface area contributed by atoms with Gasteiger partial charge < -0.3 is 14.8 Å². The van der Waals surface area contributed by atoms with E-state index in [1.807, 2.05) is 17.5 Å². The number of carboxylic acids is 1. The van der Waals surface area contributed by atoms with Crippen LogP contribution in [0.15, 0.2) is 28.2 Å². The molecule has 0 aromatic carbocycles. The normalized spacial score (nSPS) is 12.3. The van der Waals surface area contributed by atoms with Gasteiger partial charge in [-0.25, -0.2) is 9.78 Å². The first kappa shape index (κ1) is 15.2. The van der Waals surface area contributed by atoms with Gasteiger partial charge in [-0.15, -0.1) is 11.3 Å². The standard InChI is InChI=1S/C14H16N2O4S/c1-8(2)12(14(18)19)16-11(17)6-9-7-20-13(15-9)10-4-3-5-21-10/h3-5,7-8,12H,6H2,1-2H3,(H,16,17)(H,18,19)/t12-/m0/s1. The van der Waals surface area contributed by atoms with Crippen LogP contribution < -0.4 is 5.32 Å². The van der Waals surface area contributed by atoms with Crippen molar-refractivity contribution < 1.29 is 19.1 Å². The van der Waals surface area contributed by atoms with Gasteiger partial charge in [0.05, 0.1) is 17.0 Å². The van der Waals surface area contributed by atoms with Crippen LogP contribution in [0.3, 0.4) is 0 Å². The molecule has 2 aromatic heterocycles. The van der Waals surface area contributed by atoms with E-state index in [0.29, 0.717) is 11.6 Å². The summed E-state index contributed by atoms with van der Waals surface area (Å²) >= 11 is 1.49. The predicted octanol–water partition coefficient (Wildman–Crippen LogP) is 2.17. The fourth-order valence-corrected chi connectivity index (χ4v) is 2.46. The molecular weight excluding hydrogens is 292 g/mol. The molecule has 2 aromatic rings. The Morgan fingerprint density at radius 1 is 1.48 bits per heavy atom. The van der Waals surface area contributed by atoms with E-state index in [1.54, 1.807) is 13.8 Å². The molecule has 2 N–H and O–H groups in total. The first-order valence-corrected chi connectivity index (χ1v) is 7.35. The lowest BCUT2D eigenvalue weighted by molar-refractivity contribution is -0.143. The minimum absolute atomic E-state index is 0.00856. The van der Waals surface area contributed by atoms with Crippen LogP contribution in [0, 0.1) is 5.92 Å². The van der Waals surface area contributed by atoms with Crippen LogP contribution in [-0.2, 0) is 16.0 Å². The fraction of sp³-hybridized carbons (Fsp3) is 0.357. The molecule has 0 saturated carbocycles. The van der Waals surface area contributed by atoms with Crippen LogP contribution in [0.25, 0.3) is 10.8 Å². The summed E-state index contributed by atoms with van der Waals surface area (Å²) in [6, 6.07) is 2.86. The van der Waals surface area contributed by atoms with E-state index in [2.05, 4.69) is 10.3 Å². The number of hydrogen-bond donors (Lipinski definition) is 2. The summed E-state index contributed by atoms with van der Waals surface area (Å²) < 4.78 is 5.31. The third-order valence-corrected chi connectivity index (χ3v) is 3.73. The van der Waals surface area contributed by atoms with Crippen LogP contribution >= 0.6 is 11.3 Å². The Labute approximate surface area is 125 Å². The van der Waals surface area contributed by atoms with Gasteiger partial charge in [0.25, 0.3) is 0 Å². The molecule has 0 aliphatic rings. The summed E-state index contributed by atoms with van der Waals surface area (Å²) in [4.78, 5) is 28.0. The second-order valence-electron chi connectivity index (χ2n) is 4.93. The topological polar surface area (TPSA) is 92.4 Å². The molecule has 0 unspecified atom stereocenters. The Morgan fingerprint density at radius 2 is 2.24 bits per heavy atom. The molecule has 0 radical (unpaired) electrons. The molecule has 7 heteroatoms. The molecule has 0 aliphatic carbocycles. The third-order valence-electron chi connectivity index (χ3n) is 2.87. The average molecular weight is 308 g/mol. The zero-order valence-corrected chi connectivity index (χ0v) is 12.5. The highest BCUT2D eigenvalue weighted by Gasteiger charge is 2.23. The van der Waals surface area contributed by atoms with E-state index < -0.39 is 12.0 Å². The highest BCUT2D eigenvalue weighted by atomic mass is 32.1. The molecule has 0 bridgehead atoms. The maximum absolute atomic E-state index is 11.9. The molecule has 0 fully saturated rings. The quantitative estimate of drug-likeness (QED) is 0.853. The first-order valence-electron chi connectivity index (χ1n) is 6.48. The van der Waals surface area contributed by atoms with Gasteiger partial charge in [-0.05, 0) is 17.4 Å². The van der Waals surface area contributed by atoms with Crippen LogP contribution in [0.4, 0.5) is 0 Å². The molecule has 0 saturated heterocycles. The van der Waals surface area contributed by atoms with E-state index >= 15 is 0 Å². The zero-order chi connectivity index (χ0) is 15.4. The Balaban J connectivity index is 1.98. The molecule has 6 nitrogen and oxygen atoms in total. The van der Waals surface area contributed by atoms with Gasteiger partial charge in [-0.1, -0.05) is 19.9 Å². The van der Waals surface area contributed by atoms with Crippen molar-refractivity contribution in [2.75, 3.05) is 0 Å². The summed E-state index contributed by atoms with van der Waals surface area (Å²) in [5.74, 6) is -1.16. The van der Waals surface area contributed by atoms with Gasteiger partial charge in [0.2, 0.25) is 11.8 Å². The van der Waals surface area contributed by atoms with Crippen LogP contribution in [-0.4, -0.2) is 28.0 Å². The minimum atomic E-state index is -1.04. The van der Waals surface area contributed by atoms with Gasteiger partial charge >= 0.3 is 5.97 Å². The van der Waals surface area contributed by atoms with Crippen molar-refractivity contribution in [3.63, 3.8) is 0 Å². The Hall–Kier alpha value is -2.15. The third kappa shape index (κ3) is 3.91. The van der Waals surface area contributed by atoms with Gasteiger partial charge in [-0.3, -0.25) is 4.79 Å². The van der Waals surface area contributed by atoms with Crippen molar-refractivity contribution in [1.29, 1.82) is 0 Å². The largest absolute Gasteiger partial charge is 0.480 e.